The topological polar surface area (TPSA) is 82.1 Å². The number of methoxy groups -OCH3 is 1. The van der Waals surface area contributed by atoms with Gasteiger partial charge in [0.2, 0.25) is 0 Å². The zero-order valence-corrected chi connectivity index (χ0v) is 19.3. The van der Waals surface area contributed by atoms with Gasteiger partial charge in [0.1, 0.15) is 0 Å². The van der Waals surface area contributed by atoms with Gasteiger partial charge in [-0.25, -0.2) is 4.79 Å². The molecule has 7 nitrogen and oxygen atoms in total. The Morgan fingerprint density at radius 1 is 1.10 bits per heavy atom. The van der Waals surface area contributed by atoms with Crippen LogP contribution in [-0.2, 0) is 20.9 Å². The van der Waals surface area contributed by atoms with Crippen LogP contribution >= 0.6 is 27.7 Å². The maximum atomic E-state index is 12.8. The van der Waals surface area contributed by atoms with E-state index in [1.165, 1.54) is 12.0 Å². The number of esters is 1. The number of carbonyl (C=O) groups excluding carboxylic acids is 3. The van der Waals surface area contributed by atoms with Gasteiger partial charge < -0.3 is 14.2 Å². The largest absolute Gasteiger partial charge is 0.490 e. The number of rotatable bonds is 8. The van der Waals surface area contributed by atoms with Crippen molar-refractivity contribution >= 4 is 50.9 Å². The number of thioether (sulfide) groups is 1. The molecule has 2 amide bonds. The molecule has 0 bridgehead atoms. The van der Waals surface area contributed by atoms with Crippen molar-refractivity contribution in [3.05, 3.63) is 63.0 Å². The van der Waals surface area contributed by atoms with Crippen LogP contribution in [0.4, 0.5) is 4.79 Å². The zero-order valence-electron chi connectivity index (χ0n) is 16.9. The molecule has 2 aromatic carbocycles. The quantitative estimate of drug-likeness (QED) is 0.381. The van der Waals surface area contributed by atoms with Gasteiger partial charge in [0.05, 0.1) is 25.2 Å². The normalized spacial score (nSPS) is 14.8. The average Bonchev–Trinajstić information content (AvgIpc) is 3.02. The number of benzene rings is 2. The number of hydrogen-bond acceptors (Lipinski definition) is 7. The Labute approximate surface area is 192 Å². The van der Waals surface area contributed by atoms with E-state index in [2.05, 4.69) is 20.7 Å². The zero-order chi connectivity index (χ0) is 22.4. The smallest absolute Gasteiger partial charge is 0.343 e. The highest BCUT2D eigenvalue weighted by Crippen LogP contribution is 2.35. The second-order valence-electron chi connectivity index (χ2n) is 6.40. The molecule has 0 atom stereocenters. The number of imide groups is 1. The molecule has 0 spiro atoms. The fourth-order valence-corrected chi connectivity index (χ4v) is 3.86. The maximum absolute atomic E-state index is 12.8. The Morgan fingerprint density at radius 3 is 2.52 bits per heavy atom. The van der Waals surface area contributed by atoms with E-state index in [1.807, 2.05) is 31.2 Å². The van der Waals surface area contributed by atoms with Crippen LogP contribution in [0.1, 0.15) is 18.1 Å². The summed E-state index contributed by atoms with van der Waals surface area (Å²) in [6, 6.07) is 12.5. The van der Waals surface area contributed by atoms with Gasteiger partial charge in [-0.15, -0.1) is 0 Å². The number of nitrogens with zero attached hydrogens (tertiary/aromatic N) is 1. The average molecular weight is 506 g/mol. The van der Waals surface area contributed by atoms with E-state index in [0.717, 1.165) is 21.8 Å². The molecule has 0 aromatic heterocycles. The molecule has 2 aromatic rings. The van der Waals surface area contributed by atoms with Crippen molar-refractivity contribution < 1.29 is 28.6 Å². The summed E-state index contributed by atoms with van der Waals surface area (Å²) in [6.45, 7) is 2.18. The predicted octanol–water partition coefficient (Wildman–Crippen LogP) is 4.64. The second kappa shape index (κ2) is 10.5. The molecule has 1 aliphatic heterocycles. The second-order valence-corrected chi connectivity index (χ2v) is 8.31. The minimum absolute atomic E-state index is 0.208. The summed E-state index contributed by atoms with van der Waals surface area (Å²) in [5.74, 6) is -0.0464. The van der Waals surface area contributed by atoms with Gasteiger partial charge in [-0.05, 0) is 60.2 Å². The summed E-state index contributed by atoms with van der Waals surface area (Å²) in [7, 11) is 1.28. The van der Waals surface area contributed by atoms with Crippen LogP contribution in [0.5, 0.6) is 11.5 Å². The van der Waals surface area contributed by atoms with E-state index in [0.29, 0.717) is 28.6 Å². The van der Waals surface area contributed by atoms with Crippen molar-refractivity contribution in [1.82, 2.24) is 4.90 Å². The Kier molecular flexibility index (Phi) is 7.75. The fourth-order valence-electron chi connectivity index (χ4n) is 2.76. The summed E-state index contributed by atoms with van der Waals surface area (Å²) >= 11 is 4.26. The van der Waals surface area contributed by atoms with Gasteiger partial charge in [0.15, 0.2) is 18.1 Å². The molecule has 9 heteroatoms. The number of hydrogen-bond donors (Lipinski definition) is 0. The van der Waals surface area contributed by atoms with Crippen molar-refractivity contribution in [2.24, 2.45) is 0 Å². The predicted molar refractivity (Wildman–Crippen MR) is 121 cm³/mol. The van der Waals surface area contributed by atoms with Crippen LogP contribution in [-0.4, -0.2) is 42.3 Å². The molecule has 0 radical (unpaired) electrons. The molecule has 3 rings (SSSR count). The molecule has 0 saturated carbocycles. The third kappa shape index (κ3) is 5.89. The van der Waals surface area contributed by atoms with Crippen LogP contribution < -0.4 is 9.47 Å². The summed E-state index contributed by atoms with van der Waals surface area (Å²) in [5, 5.41) is -0.317. The van der Waals surface area contributed by atoms with E-state index >= 15 is 0 Å². The molecule has 0 aliphatic carbocycles. The minimum Gasteiger partial charge on any atom is -0.490 e. The van der Waals surface area contributed by atoms with E-state index in [-0.39, 0.29) is 24.3 Å². The number of amides is 2. The Morgan fingerprint density at radius 2 is 1.84 bits per heavy atom. The van der Waals surface area contributed by atoms with Crippen molar-refractivity contribution in [1.29, 1.82) is 0 Å². The summed E-state index contributed by atoms with van der Waals surface area (Å²) < 4.78 is 16.5. The molecule has 0 unspecified atom stereocenters. The lowest BCUT2D eigenvalue weighted by Crippen LogP contribution is -2.27. The first-order chi connectivity index (χ1) is 14.9. The molecule has 1 fully saturated rings. The Bertz CT molecular complexity index is 1020. The Hall–Kier alpha value is -2.78. The number of carbonyl (C=O) groups is 3. The van der Waals surface area contributed by atoms with Crippen molar-refractivity contribution in [3.8, 4) is 11.5 Å². The number of halogens is 1. The molecule has 1 saturated heterocycles. The van der Waals surface area contributed by atoms with Gasteiger partial charge in [0, 0.05) is 4.47 Å². The summed E-state index contributed by atoms with van der Waals surface area (Å²) in [5.41, 5.74) is 1.53. The highest BCUT2D eigenvalue weighted by molar-refractivity contribution is 9.10. The molecule has 162 valence electrons. The van der Waals surface area contributed by atoms with Crippen LogP contribution in [0.3, 0.4) is 0 Å². The summed E-state index contributed by atoms with van der Waals surface area (Å²) in [4.78, 5) is 38.0. The standard InChI is InChI=1S/C22H20BrNO6S/c1-3-29-18-10-15(6-9-17(18)30-13-20(25)28-2)11-19-21(26)24(22(27)31-19)12-14-4-7-16(23)8-5-14/h4-11H,3,12-13H2,1-2H3/b19-11+. The van der Waals surface area contributed by atoms with E-state index in [4.69, 9.17) is 9.47 Å². The van der Waals surface area contributed by atoms with Gasteiger partial charge in [-0.1, -0.05) is 34.1 Å². The van der Waals surface area contributed by atoms with Crippen molar-refractivity contribution in [2.75, 3.05) is 20.3 Å². The monoisotopic (exact) mass is 505 g/mol. The molecule has 1 aliphatic rings. The first-order valence-corrected chi connectivity index (χ1v) is 11.0. The fraction of sp³-hybridized carbons (Fsp3) is 0.227. The molecule has 1 heterocycles. The SMILES string of the molecule is CCOc1cc(/C=C2/SC(=O)N(Cc3ccc(Br)cc3)C2=O)ccc1OCC(=O)OC. The van der Waals surface area contributed by atoms with Gasteiger partial charge in [0.25, 0.3) is 11.1 Å². The van der Waals surface area contributed by atoms with Crippen molar-refractivity contribution in [2.45, 2.75) is 13.5 Å². The van der Waals surface area contributed by atoms with Crippen LogP contribution in [0.25, 0.3) is 6.08 Å². The highest BCUT2D eigenvalue weighted by Gasteiger charge is 2.35. The van der Waals surface area contributed by atoms with Crippen LogP contribution in [0.2, 0.25) is 0 Å². The van der Waals surface area contributed by atoms with Crippen LogP contribution in [0.15, 0.2) is 51.8 Å². The Balaban J connectivity index is 1.77. The lowest BCUT2D eigenvalue weighted by atomic mass is 10.1. The third-order valence-electron chi connectivity index (χ3n) is 4.27. The molecule has 0 N–H and O–H groups in total. The summed E-state index contributed by atoms with van der Waals surface area (Å²) in [6.07, 6.45) is 1.64. The lowest BCUT2D eigenvalue weighted by Gasteiger charge is -2.13. The highest BCUT2D eigenvalue weighted by atomic mass is 79.9. The molecular formula is C22H20BrNO6S. The third-order valence-corrected chi connectivity index (χ3v) is 5.70. The first-order valence-electron chi connectivity index (χ1n) is 9.37. The van der Waals surface area contributed by atoms with Gasteiger partial charge >= 0.3 is 5.97 Å². The maximum Gasteiger partial charge on any atom is 0.343 e. The molecular weight excluding hydrogens is 486 g/mol. The van der Waals surface area contributed by atoms with E-state index in [1.54, 1.807) is 24.3 Å². The van der Waals surface area contributed by atoms with E-state index < -0.39 is 5.97 Å². The van der Waals surface area contributed by atoms with Crippen LogP contribution in [0, 0.1) is 0 Å². The number of ether oxygens (including phenoxy) is 3. The molecule has 31 heavy (non-hydrogen) atoms. The van der Waals surface area contributed by atoms with Gasteiger partial charge in [-0.2, -0.15) is 0 Å². The van der Waals surface area contributed by atoms with E-state index in [9.17, 15) is 14.4 Å². The minimum atomic E-state index is -0.508. The van der Waals surface area contributed by atoms with Crippen molar-refractivity contribution in [3.63, 3.8) is 0 Å². The lowest BCUT2D eigenvalue weighted by molar-refractivity contribution is -0.142. The first kappa shape index (κ1) is 22.9. The van der Waals surface area contributed by atoms with Gasteiger partial charge in [-0.3, -0.25) is 14.5 Å².